The maximum atomic E-state index is 12.7. The van der Waals surface area contributed by atoms with E-state index in [1.807, 2.05) is 17.2 Å². The SMILES string of the molecule is Cc1nc(CO)sc1-c1csc(NC(=O)CC2CCN(c3ncc(C(F)(F)F)cn3)CC2)n1. The lowest BCUT2D eigenvalue weighted by Crippen LogP contribution is -2.36. The number of hydrogen-bond donors (Lipinski definition) is 2. The van der Waals surface area contributed by atoms with E-state index in [1.165, 1.54) is 22.7 Å². The number of rotatable bonds is 6. The van der Waals surface area contributed by atoms with E-state index < -0.39 is 11.7 Å². The second-order valence-electron chi connectivity index (χ2n) is 7.67. The number of aliphatic hydroxyl groups excluding tert-OH is 1. The number of thiazole rings is 2. The Labute approximate surface area is 195 Å². The third-order valence-electron chi connectivity index (χ3n) is 5.30. The number of hydrogen-bond acceptors (Lipinski definition) is 9. The highest BCUT2D eigenvalue weighted by molar-refractivity contribution is 7.17. The molecule has 0 bridgehead atoms. The van der Waals surface area contributed by atoms with Crippen LogP contribution in [0.2, 0.25) is 0 Å². The van der Waals surface area contributed by atoms with Crippen molar-refractivity contribution >= 4 is 39.7 Å². The summed E-state index contributed by atoms with van der Waals surface area (Å²) >= 11 is 2.70. The molecule has 0 unspecified atom stereocenters. The molecule has 2 N–H and O–H groups in total. The maximum absolute atomic E-state index is 12.7. The average Bonchev–Trinajstić information content (AvgIpc) is 3.39. The summed E-state index contributed by atoms with van der Waals surface area (Å²) in [6.45, 7) is 2.87. The van der Waals surface area contributed by atoms with Crippen molar-refractivity contribution in [2.24, 2.45) is 5.92 Å². The molecule has 3 aromatic heterocycles. The van der Waals surface area contributed by atoms with Gasteiger partial charge in [-0.1, -0.05) is 0 Å². The van der Waals surface area contributed by atoms with Crippen LogP contribution in [0.15, 0.2) is 17.8 Å². The van der Waals surface area contributed by atoms with Gasteiger partial charge in [0.1, 0.15) is 5.01 Å². The number of nitrogens with zero attached hydrogens (tertiary/aromatic N) is 5. The van der Waals surface area contributed by atoms with E-state index >= 15 is 0 Å². The number of aryl methyl sites for hydroxylation is 1. The highest BCUT2D eigenvalue weighted by Gasteiger charge is 2.32. The first kappa shape index (κ1) is 23.5. The third kappa shape index (κ3) is 5.65. The number of carbonyl (C=O) groups is 1. The summed E-state index contributed by atoms with van der Waals surface area (Å²) in [5.41, 5.74) is 0.633. The normalized spacial score (nSPS) is 15.1. The van der Waals surface area contributed by atoms with Gasteiger partial charge in [0.05, 0.1) is 28.4 Å². The van der Waals surface area contributed by atoms with Gasteiger partial charge >= 0.3 is 6.18 Å². The smallest absolute Gasteiger partial charge is 0.389 e. The van der Waals surface area contributed by atoms with Crippen molar-refractivity contribution in [3.05, 3.63) is 34.0 Å². The minimum atomic E-state index is -4.46. The van der Waals surface area contributed by atoms with E-state index in [0.29, 0.717) is 42.5 Å². The van der Waals surface area contributed by atoms with E-state index in [-0.39, 0.29) is 24.4 Å². The number of amides is 1. The number of piperidine rings is 1. The maximum Gasteiger partial charge on any atom is 0.419 e. The Balaban J connectivity index is 1.27. The minimum absolute atomic E-state index is 0.122. The van der Waals surface area contributed by atoms with Crippen molar-refractivity contribution in [2.75, 3.05) is 23.3 Å². The molecule has 0 spiro atoms. The van der Waals surface area contributed by atoms with Gasteiger partial charge in [-0.05, 0) is 25.7 Å². The summed E-state index contributed by atoms with van der Waals surface area (Å²) < 4.78 is 38.0. The average molecular weight is 499 g/mol. The lowest BCUT2D eigenvalue weighted by atomic mass is 9.93. The van der Waals surface area contributed by atoms with Crippen molar-refractivity contribution in [1.82, 2.24) is 19.9 Å². The van der Waals surface area contributed by atoms with Crippen LogP contribution < -0.4 is 10.2 Å². The molecule has 1 aliphatic heterocycles. The van der Waals surface area contributed by atoms with Crippen molar-refractivity contribution in [2.45, 2.75) is 39.0 Å². The summed E-state index contributed by atoms with van der Waals surface area (Å²) in [7, 11) is 0. The summed E-state index contributed by atoms with van der Waals surface area (Å²) in [4.78, 5) is 31.6. The van der Waals surface area contributed by atoms with Crippen LogP contribution in [0.4, 0.5) is 24.3 Å². The fourth-order valence-electron chi connectivity index (χ4n) is 3.59. The fraction of sp³-hybridized carbons (Fsp3) is 0.450. The Bertz CT molecular complexity index is 1110. The highest BCUT2D eigenvalue weighted by Crippen LogP contribution is 2.33. The van der Waals surface area contributed by atoms with Crippen LogP contribution in [0.5, 0.6) is 0 Å². The van der Waals surface area contributed by atoms with E-state index in [4.69, 9.17) is 0 Å². The zero-order valence-electron chi connectivity index (χ0n) is 17.6. The van der Waals surface area contributed by atoms with Crippen LogP contribution >= 0.6 is 22.7 Å². The quantitative estimate of drug-likeness (QED) is 0.527. The molecule has 1 fully saturated rings. The minimum Gasteiger partial charge on any atom is -0.389 e. The molecule has 33 heavy (non-hydrogen) atoms. The second-order valence-corrected chi connectivity index (χ2v) is 9.61. The standard InChI is InChI=1S/C20H21F3N6O2S2/c1-11-17(33-16(9-30)26-11)14-10-32-19(27-14)28-15(31)6-12-2-4-29(5-3-12)18-24-7-13(8-25-18)20(21,22)23/h7-8,10,12,30H,2-6,9H2,1H3,(H,27,28,31). The molecule has 8 nitrogen and oxygen atoms in total. The van der Waals surface area contributed by atoms with Gasteiger partial charge in [-0.3, -0.25) is 4.79 Å². The van der Waals surface area contributed by atoms with Crippen molar-refractivity contribution < 1.29 is 23.1 Å². The molecule has 1 amide bonds. The summed E-state index contributed by atoms with van der Waals surface area (Å²) in [6, 6.07) is 0. The second kappa shape index (κ2) is 9.69. The summed E-state index contributed by atoms with van der Waals surface area (Å²) in [5, 5.41) is 15.1. The number of aliphatic hydroxyl groups is 1. The van der Waals surface area contributed by atoms with E-state index in [1.54, 1.807) is 0 Å². The molecule has 13 heteroatoms. The van der Waals surface area contributed by atoms with Crippen molar-refractivity contribution in [3.8, 4) is 10.6 Å². The van der Waals surface area contributed by atoms with E-state index in [9.17, 15) is 23.1 Å². The molecule has 176 valence electrons. The Morgan fingerprint density at radius 3 is 2.55 bits per heavy atom. The molecule has 0 aliphatic carbocycles. The van der Waals surface area contributed by atoms with Crippen LogP contribution in [0.3, 0.4) is 0 Å². The van der Waals surface area contributed by atoms with Gasteiger partial charge < -0.3 is 15.3 Å². The number of carbonyl (C=O) groups excluding carboxylic acids is 1. The molecule has 0 saturated carbocycles. The molecule has 1 saturated heterocycles. The fourth-order valence-corrected chi connectivity index (χ4v) is 5.27. The lowest BCUT2D eigenvalue weighted by molar-refractivity contribution is -0.138. The molecular formula is C20H21F3N6O2S2. The largest absolute Gasteiger partial charge is 0.419 e. The first-order valence-electron chi connectivity index (χ1n) is 10.2. The van der Waals surface area contributed by atoms with Crippen LogP contribution in [0.1, 0.15) is 35.5 Å². The highest BCUT2D eigenvalue weighted by atomic mass is 32.1. The molecule has 4 rings (SSSR count). The topological polar surface area (TPSA) is 104 Å². The number of nitrogens with one attached hydrogen (secondary N) is 1. The lowest BCUT2D eigenvalue weighted by Gasteiger charge is -2.31. The Kier molecular flexibility index (Phi) is 6.91. The van der Waals surface area contributed by atoms with Gasteiger partial charge in [-0.2, -0.15) is 13.2 Å². The zero-order chi connectivity index (χ0) is 23.6. The third-order valence-corrected chi connectivity index (χ3v) is 7.22. The number of alkyl halides is 3. The van der Waals surface area contributed by atoms with E-state index in [2.05, 4.69) is 25.3 Å². The molecule has 0 aromatic carbocycles. The first-order chi connectivity index (χ1) is 15.7. The van der Waals surface area contributed by atoms with Gasteiger partial charge in [0.25, 0.3) is 0 Å². The van der Waals surface area contributed by atoms with Crippen LogP contribution in [0, 0.1) is 12.8 Å². The van der Waals surface area contributed by atoms with Crippen LogP contribution in [-0.2, 0) is 17.6 Å². The van der Waals surface area contributed by atoms with Gasteiger partial charge in [0, 0.05) is 37.3 Å². The Morgan fingerprint density at radius 2 is 1.94 bits per heavy atom. The Morgan fingerprint density at radius 1 is 1.24 bits per heavy atom. The predicted molar refractivity (Wildman–Crippen MR) is 119 cm³/mol. The molecular weight excluding hydrogens is 477 g/mol. The van der Waals surface area contributed by atoms with E-state index in [0.717, 1.165) is 28.7 Å². The zero-order valence-corrected chi connectivity index (χ0v) is 19.2. The molecule has 3 aromatic rings. The monoisotopic (exact) mass is 498 g/mol. The van der Waals surface area contributed by atoms with Gasteiger partial charge in [-0.25, -0.2) is 19.9 Å². The summed E-state index contributed by atoms with van der Waals surface area (Å²) in [6.07, 6.45) is -1.11. The Hall–Kier alpha value is -2.64. The first-order valence-corrected chi connectivity index (χ1v) is 11.9. The molecule has 0 radical (unpaired) electrons. The number of aromatic nitrogens is 4. The molecule has 1 aliphatic rings. The number of anilines is 2. The van der Waals surface area contributed by atoms with Crippen molar-refractivity contribution in [1.29, 1.82) is 0 Å². The molecule has 4 heterocycles. The van der Waals surface area contributed by atoms with Gasteiger partial charge in [0.15, 0.2) is 5.13 Å². The summed E-state index contributed by atoms with van der Waals surface area (Å²) in [5.74, 6) is 0.298. The molecule has 0 atom stereocenters. The van der Waals surface area contributed by atoms with Gasteiger partial charge in [-0.15, -0.1) is 22.7 Å². The van der Waals surface area contributed by atoms with Crippen molar-refractivity contribution in [3.63, 3.8) is 0 Å². The van der Waals surface area contributed by atoms with Gasteiger partial charge in [0.2, 0.25) is 11.9 Å². The predicted octanol–water partition coefficient (Wildman–Crippen LogP) is 4.12. The van der Waals surface area contributed by atoms with Crippen LogP contribution in [0.25, 0.3) is 10.6 Å². The van der Waals surface area contributed by atoms with Crippen LogP contribution in [-0.4, -0.2) is 44.0 Å². The number of halogens is 3.